The summed E-state index contributed by atoms with van der Waals surface area (Å²) in [5.74, 6) is 0.833. The molecule has 0 radical (unpaired) electrons. The van der Waals surface area contributed by atoms with Crippen LogP contribution in [0.4, 0.5) is 0 Å². The van der Waals surface area contributed by atoms with E-state index in [0.29, 0.717) is 0 Å². The highest BCUT2D eigenvalue weighted by Gasteiger charge is 1.68. The first-order valence-electron chi connectivity index (χ1n) is 5.32. The third kappa shape index (κ3) is 14900. The van der Waals surface area contributed by atoms with Gasteiger partial charge in [-0.25, -0.2) is 0 Å². The van der Waals surface area contributed by atoms with Crippen LogP contribution in [0, 0.1) is 5.92 Å². The van der Waals surface area contributed by atoms with Crippen LogP contribution in [-0.2, 0) is 4.74 Å². The molecule has 0 atom stereocenters. The summed E-state index contributed by atoms with van der Waals surface area (Å²) in [7, 11) is 3.25. The van der Waals surface area contributed by atoms with Gasteiger partial charge in [0.25, 0.3) is 0 Å². The van der Waals surface area contributed by atoms with E-state index in [9.17, 15) is 0 Å². The van der Waals surface area contributed by atoms with E-state index in [1.807, 2.05) is 13.8 Å². The molecule has 0 N–H and O–H groups in total. The third-order valence-corrected chi connectivity index (χ3v) is 0. The van der Waals surface area contributed by atoms with Crippen LogP contribution in [-0.4, -0.2) is 14.2 Å². The van der Waals surface area contributed by atoms with Crippen molar-refractivity contribution >= 4 is 0 Å². The fourth-order valence-electron chi connectivity index (χ4n) is 0. The number of methoxy groups -OCH3 is 1. The maximum atomic E-state index is 4.25. The Morgan fingerprint density at radius 1 is 1.07 bits per heavy atom. The molecule has 0 heterocycles. The molecule has 0 aliphatic carbocycles. The monoisotopic (exact) mass is 204 g/mol. The minimum atomic E-state index is 0.833. The molecule has 0 aliphatic heterocycles. The second-order valence-corrected chi connectivity index (χ2v) is 4.05. The molecular formula is C13H32O. The average molecular weight is 204 g/mol. The SMILES string of the molecule is C=C(C)C.CC(C)C.CCC.COC. The van der Waals surface area contributed by atoms with Gasteiger partial charge in [-0.15, -0.1) is 6.58 Å². The van der Waals surface area contributed by atoms with E-state index in [2.05, 4.69) is 45.9 Å². The molecule has 1 nitrogen and oxygen atoms in total. The highest BCUT2D eigenvalue weighted by Crippen LogP contribution is 1.81. The summed E-state index contributed by atoms with van der Waals surface area (Å²) in [6, 6.07) is 0. The predicted octanol–water partition coefficient (Wildman–Crippen LogP) is 4.92. The zero-order valence-corrected chi connectivity index (χ0v) is 11.9. The summed E-state index contributed by atoms with van der Waals surface area (Å²) in [4.78, 5) is 0. The Hall–Kier alpha value is -0.300. The molecule has 0 amide bonds. The standard InChI is InChI=1S/C4H10.C4H8.C3H8.C2H6O/c2*1-4(2)3;2*1-3-2/h4H,1-3H3;1H2,2-3H3;3H2,1-2H3;1-2H3. The normalized spacial score (nSPS) is 7.00. The van der Waals surface area contributed by atoms with Gasteiger partial charge in [-0.3, -0.25) is 0 Å². The molecule has 0 spiro atoms. The van der Waals surface area contributed by atoms with Crippen LogP contribution in [0.1, 0.15) is 54.9 Å². The van der Waals surface area contributed by atoms with E-state index in [-0.39, 0.29) is 0 Å². The van der Waals surface area contributed by atoms with Gasteiger partial charge in [0, 0.05) is 14.2 Å². The van der Waals surface area contributed by atoms with Gasteiger partial charge in [-0.1, -0.05) is 46.6 Å². The zero-order valence-electron chi connectivity index (χ0n) is 11.9. The first kappa shape index (κ1) is 23.5. The number of hydrogen-bond donors (Lipinski definition) is 0. The Bertz CT molecular complexity index is 66.5. The van der Waals surface area contributed by atoms with E-state index in [1.165, 1.54) is 12.0 Å². The lowest BCUT2D eigenvalue weighted by Crippen LogP contribution is -1.66. The lowest BCUT2D eigenvalue weighted by molar-refractivity contribution is 0.277. The molecule has 90 valence electrons. The molecule has 0 aromatic heterocycles. The van der Waals surface area contributed by atoms with Crippen LogP contribution in [0.25, 0.3) is 0 Å². The van der Waals surface area contributed by atoms with Gasteiger partial charge in [0.15, 0.2) is 0 Å². The van der Waals surface area contributed by atoms with Gasteiger partial charge in [0.1, 0.15) is 0 Å². The van der Waals surface area contributed by atoms with E-state index in [1.54, 1.807) is 14.2 Å². The number of rotatable bonds is 0. The highest BCUT2D eigenvalue weighted by molar-refractivity contribution is 4.78. The van der Waals surface area contributed by atoms with Gasteiger partial charge in [-0.05, 0) is 19.8 Å². The Balaban J connectivity index is -0.0000000482. The number of hydrogen-bond acceptors (Lipinski definition) is 1. The average Bonchev–Trinajstić information content (AvgIpc) is 1.85. The van der Waals surface area contributed by atoms with E-state index in [0.717, 1.165) is 5.92 Å². The summed E-state index contributed by atoms with van der Waals surface area (Å²) in [5.41, 5.74) is 1.17. The number of allylic oxidation sites excluding steroid dienone is 1. The molecule has 0 aromatic carbocycles. The van der Waals surface area contributed by atoms with Gasteiger partial charge in [0.2, 0.25) is 0 Å². The van der Waals surface area contributed by atoms with E-state index in [4.69, 9.17) is 0 Å². The first-order valence-corrected chi connectivity index (χ1v) is 5.32. The molecule has 0 aromatic rings. The van der Waals surface area contributed by atoms with Gasteiger partial charge in [0.05, 0.1) is 0 Å². The summed E-state index contributed by atoms with van der Waals surface area (Å²) in [6.07, 6.45) is 1.25. The predicted molar refractivity (Wildman–Crippen MR) is 69.9 cm³/mol. The van der Waals surface area contributed by atoms with Gasteiger partial charge >= 0.3 is 0 Å². The summed E-state index contributed by atoms with van der Waals surface area (Å²) in [5, 5.41) is 0. The quantitative estimate of drug-likeness (QED) is 0.509. The molecular weight excluding hydrogens is 172 g/mol. The molecule has 1 heteroatoms. The van der Waals surface area contributed by atoms with Crippen molar-refractivity contribution in [1.29, 1.82) is 0 Å². The number of ether oxygens (including phenoxy) is 1. The molecule has 0 bridgehead atoms. The Kier molecular flexibility index (Phi) is 49.2. The van der Waals surface area contributed by atoms with Crippen molar-refractivity contribution < 1.29 is 4.74 Å². The van der Waals surface area contributed by atoms with Gasteiger partial charge < -0.3 is 4.74 Å². The Morgan fingerprint density at radius 3 is 1.07 bits per heavy atom. The maximum Gasteiger partial charge on any atom is 0.0351 e. The smallest absolute Gasteiger partial charge is 0.0351 e. The molecule has 14 heavy (non-hydrogen) atoms. The molecule has 0 fully saturated rings. The fourth-order valence-corrected chi connectivity index (χ4v) is 0. The molecule has 0 rings (SSSR count). The van der Waals surface area contributed by atoms with Crippen LogP contribution in [0.3, 0.4) is 0 Å². The lowest BCUT2D eigenvalue weighted by atomic mass is 10.3. The van der Waals surface area contributed by atoms with E-state index >= 15 is 0 Å². The van der Waals surface area contributed by atoms with Gasteiger partial charge in [-0.2, -0.15) is 0 Å². The van der Waals surface area contributed by atoms with Crippen molar-refractivity contribution in [3.05, 3.63) is 12.2 Å². The topological polar surface area (TPSA) is 9.23 Å². The van der Waals surface area contributed by atoms with Crippen LogP contribution >= 0.6 is 0 Å². The first-order chi connectivity index (χ1) is 6.29. The minimum absolute atomic E-state index is 0.833. The van der Waals surface area contributed by atoms with Crippen LogP contribution in [0.5, 0.6) is 0 Å². The molecule has 0 aliphatic rings. The van der Waals surface area contributed by atoms with Crippen LogP contribution in [0.15, 0.2) is 12.2 Å². The summed E-state index contributed by atoms with van der Waals surface area (Å²) < 4.78 is 4.25. The highest BCUT2D eigenvalue weighted by atomic mass is 16.4. The Morgan fingerprint density at radius 2 is 1.07 bits per heavy atom. The van der Waals surface area contributed by atoms with Crippen LogP contribution in [0.2, 0.25) is 0 Å². The molecule has 0 saturated carbocycles. The van der Waals surface area contributed by atoms with Crippen molar-refractivity contribution in [3.63, 3.8) is 0 Å². The lowest BCUT2D eigenvalue weighted by Gasteiger charge is -1.79. The van der Waals surface area contributed by atoms with Crippen molar-refractivity contribution in [3.8, 4) is 0 Å². The summed E-state index contributed by atoms with van der Waals surface area (Å²) >= 11 is 0. The molecule has 0 saturated heterocycles. The second kappa shape index (κ2) is 29.3. The van der Waals surface area contributed by atoms with Crippen LogP contribution < -0.4 is 0 Å². The Labute approximate surface area is 92.6 Å². The van der Waals surface area contributed by atoms with Crippen molar-refractivity contribution in [2.45, 2.75) is 54.9 Å². The molecule has 0 unspecified atom stereocenters. The zero-order chi connectivity index (χ0) is 12.6. The minimum Gasteiger partial charge on any atom is -0.388 e. The largest absolute Gasteiger partial charge is 0.388 e. The van der Waals surface area contributed by atoms with Crippen molar-refractivity contribution in [1.82, 2.24) is 0 Å². The second-order valence-electron chi connectivity index (χ2n) is 4.05. The summed E-state index contributed by atoms with van der Waals surface area (Å²) in [6.45, 7) is 18.2. The fraction of sp³-hybridized carbons (Fsp3) is 0.846. The van der Waals surface area contributed by atoms with Crippen molar-refractivity contribution in [2.75, 3.05) is 14.2 Å². The van der Waals surface area contributed by atoms with E-state index < -0.39 is 0 Å². The maximum absolute atomic E-state index is 4.25. The third-order valence-electron chi connectivity index (χ3n) is 0. The van der Waals surface area contributed by atoms with Crippen molar-refractivity contribution in [2.24, 2.45) is 5.92 Å².